The van der Waals surface area contributed by atoms with Gasteiger partial charge in [-0.3, -0.25) is 9.36 Å². The van der Waals surface area contributed by atoms with Gasteiger partial charge in [-0.2, -0.15) is 0 Å². The molecule has 0 fully saturated rings. The molecule has 0 saturated heterocycles. The average molecular weight is 528 g/mol. The molecule has 5 rings (SSSR count). The number of carbonyl (C=O) groups excluding carboxylic acids is 1. The molecule has 5 aromatic rings. The highest BCUT2D eigenvalue weighted by Gasteiger charge is 2.20. The van der Waals surface area contributed by atoms with Gasteiger partial charge in [-0.25, -0.2) is 4.98 Å². The Hall–Kier alpha value is -3.11. The van der Waals surface area contributed by atoms with Crippen LogP contribution in [0.15, 0.2) is 81.9 Å². The summed E-state index contributed by atoms with van der Waals surface area (Å²) in [6.45, 7) is 0. The summed E-state index contributed by atoms with van der Waals surface area (Å²) >= 11 is 15.3. The molecule has 0 aliphatic rings. The molecule has 0 atom stereocenters. The maximum absolute atomic E-state index is 12.7. The Morgan fingerprint density at radius 1 is 1.03 bits per heavy atom. The summed E-state index contributed by atoms with van der Waals surface area (Å²) in [7, 11) is 0. The van der Waals surface area contributed by atoms with E-state index in [0.717, 1.165) is 5.56 Å². The molecule has 11 heteroatoms. The second-order valence-electron chi connectivity index (χ2n) is 6.92. The number of furan rings is 1. The van der Waals surface area contributed by atoms with Crippen molar-refractivity contribution in [1.29, 1.82) is 0 Å². The van der Waals surface area contributed by atoms with E-state index < -0.39 is 0 Å². The third kappa shape index (κ3) is 4.74. The summed E-state index contributed by atoms with van der Waals surface area (Å²) in [5, 5.41) is 15.3. The van der Waals surface area contributed by atoms with Crippen LogP contribution in [0.25, 0.3) is 28.5 Å². The van der Waals surface area contributed by atoms with Crippen molar-refractivity contribution in [2.45, 2.75) is 5.16 Å². The Morgan fingerprint density at radius 3 is 2.59 bits per heavy atom. The Labute approximate surface area is 212 Å². The van der Waals surface area contributed by atoms with Gasteiger partial charge in [-0.1, -0.05) is 65.3 Å². The van der Waals surface area contributed by atoms with Crippen LogP contribution in [0.4, 0.5) is 5.13 Å². The number of para-hydroxylation sites is 1. The minimum absolute atomic E-state index is 0.0990. The summed E-state index contributed by atoms with van der Waals surface area (Å²) < 4.78 is 7.29. The van der Waals surface area contributed by atoms with Crippen molar-refractivity contribution < 1.29 is 9.21 Å². The van der Waals surface area contributed by atoms with Crippen LogP contribution < -0.4 is 5.32 Å². The molecule has 0 spiro atoms. The Bertz CT molecular complexity index is 1450. The van der Waals surface area contributed by atoms with Crippen LogP contribution in [0.3, 0.4) is 0 Å². The number of aromatic nitrogens is 4. The molecule has 7 nitrogen and oxygen atoms in total. The maximum Gasteiger partial charge on any atom is 0.236 e. The summed E-state index contributed by atoms with van der Waals surface area (Å²) in [5.74, 6) is 0.907. The number of benzene rings is 2. The monoisotopic (exact) mass is 527 g/mol. The summed E-state index contributed by atoms with van der Waals surface area (Å²) in [6, 6.07) is 18.3. The van der Waals surface area contributed by atoms with E-state index in [4.69, 9.17) is 27.6 Å². The number of nitrogens with one attached hydrogen (secondary N) is 1. The van der Waals surface area contributed by atoms with Crippen LogP contribution in [0.2, 0.25) is 10.0 Å². The van der Waals surface area contributed by atoms with E-state index in [2.05, 4.69) is 20.5 Å². The fourth-order valence-electron chi connectivity index (χ4n) is 3.19. The SMILES string of the molecule is O=C(CSc1nnc(-c2ccco2)n1-c1ccccc1Cl)Nc1nc(-c2ccccc2Cl)cs1. The van der Waals surface area contributed by atoms with E-state index in [0.29, 0.717) is 43.3 Å². The predicted octanol–water partition coefficient (Wildman–Crippen LogP) is 6.69. The molecule has 1 N–H and O–H groups in total. The van der Waals surface area contributed by atoms with Crippen LogP contribution in [0.5, 0.6) is 0 Å². The Morgan fingerprint density at radius 2 is 1.82 bits per heavy atom. The normalized spacial score (nSPS) is 11.0. The number of carbonyl (C=O) groups is 1. The predicted molar refractivity (Wildman–Crippen MR) is 136 cm³/mol. The lowest BCUT2D eigenvalue weighted by Gasteiger charge is -2.10. The molecule has 3 aromatic heterocycles. The summed E-state index contributed by atoms with van der Waals surface area (Å²) in [6.07, 6.45) is 1.56. The van der Waals surface area contributed by atoms with Gasteiger partial charge in [0, 0.05) is 16.0 Å². The first-order valence-electron chi connectivity index (χ1n) is 9.97. The van der Waals surface area contributed by atoms with E-state index in [1.807, 2.05) is 41.8 Å². The summed E-state index contributed by atoms with van der Waals surface area (Å²) in [5.41, 5.74) is 2.21. The number of hydrogen-bond acceptors (Lipinski definition) is 7. The lowest BCUT2D eigenvalue weighted by Crippen LogP contribution is -2.14. The number of thioether (sulfide) groups is 1. The zero-order chi connectivity index (χ0) is 23.5. The van der Waals surface area contributed by atoms with Crippen LogP contribution in [0, 0.1) is 0 Å². The zero-order valence-electron chi connectivity index (χ0n) is 17.3. The van der Waals surface area contributed by atoms with Gasteiger partial charge in [-0.15, -0.1) is 21.5 Å². The Kier molecular flexibility index (Phi) is 6.68. The fourth-order valence-corrected chi connectivity index (χ4v) is 5.11. The molecule has 3 heterocycles. The van der Waals surface area contributed by atoms with Crippen molar-refractivity contribution in [2.24, 2.45) is 0 Å². The largest absolute Gasteiger partial charge is 0.461 e. The van der Waals surface area contributed by atoms with E-state index >= 15 is 0 Å². The van der Waals surface area contributed by atoms with Gasteiger partial charge < -0.3 is 9.73 Å². The number of thiazole rings is 1. The number of rotatable bonds is 7. The first-order valence-corrected chi connectivity index (χ1v) is 12.6. The van der Waals surface area contributed by atoms with Crippen LogP contribution >= 0.6 is 46.3 Å². The number of halogens is 2. The zero-order valence-corrected chi connectivity index (χ0v) is 20.5. The van der Waals surface area contributed by atoms with Crippen molar-refractivity contribution in [3.8, 4) is 28.5 Å². The molecule has 34 heavy (non-hydrogen) atoms. The van der Waals surface area contributed by atoms with E-state index in [9.17, 15) is 4.79 Å². The Balaban J connectivity index is 1.33. The molecule has 0 bridgehead atoms. The van der Waals surface area contributed by atoms with Crippen molar-refractivity contribution in [2.75, 3.05) is 11.1 Å². The topological polar surface area (TPSA) is 85.8 Å². The molecule has 0 unspecified atom stereocenters. The molecule has 0 saturated carbocycles. The van der Waals surface area contributed by atoms with Crippen LogP contribution in [-0.2, 0) is 4.79 Å². The quantitative estimate of drug-likeness (QED) is 0.237. The second-order valence-corrected chi connectivity index (χ2v) is 9.54. The standard InChI is InChI=1S/C23H15Cl2N5O2S2/c24-15-7-2-1-6-14(15)17-12-33-22(26-17)27-20(31)13-34-23-29-28-21(19-10-5-11-32-19)30(23)18-9-4-3-8-16(18)25/h1-12H,13H2,(H,26,27,31). The lowest BCUT2D eigenvalue weighted by atomic mass is 10.2. The molecule has 1 amide bonds. The number of nitrogens with zero attached hydrogens (tertiary/aromatic N) is 4. The van der Waals surface area contributed by atoms with Crippen molar-refractivity contribution in [1.82, 2.24) is 19.7 Å². The molecule has 0 aliphatic carbocycles. The van der Waals surface area contributed by atoms with Crippen molar-refractivity contribution >= 4 is 57.3 Å². The second kappa shape index (κ2) is 10.0. The molecular weight excluding hydrogens is 513 g/mol. The fraction of sp³-hybridized carbons (Fsp3) is 0.0435. The molecule has 2 aromatic carbocycles. The minimum atomic E-state index is -0.224. The molecular formula is C23H15Cl2N5O2S2. The highest BCUT2D eigenvalue weighted by molar-refractivity contribution is 7.99. The molecule has 0 aliphatic heterocycles. The van der Waals surface area contributed by atoms with Gasteiger partial charge in [0.25, 0.3) is 0 Å². The highest BCUT2D eigenvalue weighted by Crippen LogP contribution is 2.32. The van der Waals surface area contributed by atoms with E-state index in [-0.39, 0.29) is 11.7 Å². The van der Waals surface area contributed by atoms with E-state index in [1.165, 1.54) is 23.1 Å². The van der Waals surface area contributed by atoms with E-state index in [1.54, 1.807) is 35.1 Å². The lowest BCUT2D eigenvalue weighted by molar-refractivity contribution is -0.113. The minimum Gasteiger partial charge on any atom is -0.461 e. The highest BCUT2D eigenvalue weighted by atomic mass is 35.5. The average Bonchev–Trinajstić information content (AvgIpc) is 3.59. The van der Waals surface area contributed by atoms with Gasteiger partial charge in [-0.05, 0) is 30.3 Å². The van der Waals surface area contributed by atoms with Crippen LogP contribution in [-0.4, -0.2) is 31.4 Å². The molecule has 0 radical (unpaired) electrons. The first kappa shape index (κ1) is 22.7. The van der Waals surface area contributed by atoms with Gasteiger partial charge >= 0.3 is 0 Å². The summed E-state index contributed by atoms with van der Waals surface area (Å²) in [4.78, 5) is 17.1. The molecule has 170 valence electrons. The van der Waals surface area contributed by atoms with Gasteiger partial charge in [0.1, 0.15) is 0 Å². The third-order valence-corrected chi connectivity index (χ3v) is 7.04. The van der Waals surface area contributed by atoms with Gasteiger partial charge in [0.15, 0.2) is 16.0 Å². The van der Waals surface area contributed by atoms with Crippen molar-refractivity contribution in [3.63, 3.8) is 0 Å². The maximum atomic E-state index is 12.7. The third-order valence-electron chi connectivity index (χ3n) is 4.70. The van der Waals surface area contributed by atoms with Gasteiger partial charge in [0.2, 0.25) is 11.7 Å². The van der Waals surface area contributed by atoms with Crippen LogP contribution in [0.1, 0.15) is 0 Å². The number of anilines is 1. The number of hydrogen-bond donors (Lipinski definition) is 1. The first-order chi connectivity index (χ1) is 16.6. The van der Waals surface area contributed by atoms with Gasteiger partial charge in [0.05, 0.1) is 28.4 Å². The smallest absolute Gasteiger partial charge is 0.236 e. The number of amides is 1. The van der Waals surface area contributed by atoms with Crippen molar-refractivity contribution in [3.05, 3.63) is 82.4 Å².